The largest absolute Gasteiger partial charge is 0.748 e. The van der Waals surface area contributed by atoms with Crippen molar-refractivity contribution in [3.63, 3.8) is 0 Å². The summed E-state index contributed by atoms with van der Waals surface area (Å²) in [7, 11) is -4.28. The fraction of sp³-hybridized carbons (Fsp3) is 0.500. The first-order valence-electron chi connectivity index (χ1n) is 2.24. The van der Waals surface area contributed by atoms with Crippen LogP contribution in [0.25, 0.3) is 0 Å². The van der Waals surface area contributed by atoms with E-state index in [0.29, 0.717) is 0 Å². The maximum Gasteiger partial charge on any atom is 0.188 e. The fourth-order valence-corrected chi connectivity index (χ4v) is 0.840. The third-order valence-electron chi connectivity index (χ3n) is 0.695. The molecule has 56 valence electrons. The summed E-state index contributed by atoms with van der Waals surface area (Å²) in [5, 5.41) is 11.6. The van der Waals surface area contributed by atoms with E-state index in [0.717, 1.165) is 0 Å². The third kappa shape index (κ3) is 2.07. The molecule has 0 fully saturated rings. The maximum absolute atomic E-state index is 10.0. The zero-order valence-corrected chi connectivity index (χ0v) is 5.50. The predicted octanol–water partition coefficient (Wildman–Crippen LogP) is -1.76. The summed E-state index contributed by atoms with van der Waals surface area (Å²) in [6, 6.07) is 0. The number of aromatic amines is 1. The fourth-order valence-electron chi connectivity index (χ4n) is 0.402. The summed E-state index contributed by atoms with van der Waals surface area (Å²) in [4.78, 5) is 0. The van der Waals surface area contributed by atoms with Crippen LogP contribution in [0.3, 0.4) is 0 Å². The van der Waals surface area contributed by atoms with E-state index in [1.165, 1.54) is 0 Å². The van der Waals surface area contributed by atoms with Gasteiger partial charge in [0.2, 0.25) is 0 Å². The number of tetrazole rings is 1. The highest BCUT2D eigenvalue weighted by Crippen LogP contribution is 1.91. The van der Waals surface area contributed by atoms with Gasteiger partial charge in [-0.3, -0.25) is 0 Å². The molecule has 0 aliphatic rings. The molecular formula is C2H3N4O3S-. The van der Waals surface area contributed by atoms with Crippen LogP contribution in [0.1, 0.15) is 5.82 Å². The molecule has 1 aromatic heterocycles. The smallest absolute Gasteiger partial charge is 0.188 e. The first-order chi connectivity index (χ1) is 4.58. The van der Waals surface area contributed by atoms with E-state index in [2.05, 4.69) is 15.4 Å². The van der Waals surface area contributed by atoms with Gasteiger partial charge in [0.25, 0.3) is 0 Å². The standard InChI is InChI=1S/C2H4N4O3S/c7-10(8,9)1-2-3-5-6-4-2/h1H2,(H,7,8,9)(H,3,4,5,6)/p-1. The summed E-state index contributed by atoms with van der Waals surface area (Å²) in [6.45, 7) is 0. The number of H-pyrrole nitrogens is 1. The Morgan fingerprint density at radius 3 is 2.70 bits per heavy atom. The second-order valence-corrected chi connectivity index (χ2v) is 2.93. The van der Waals surface area contributed by atoms with Gasteiger partial charge in [-0.25, -0.2) is 8.42 Å². The van der Waals surface area contributed by atoms with Gasteiger partial charge >= 0.3 is 0 Å². The second-order valence-electron chi connectivity index (χ2n) is 1.53. The van der Waals surface area contributed by atoms with Crippen LogP contribution in [0.5, 0.6) is 0 Å². The minimum Gasteiger partial charge on any atom is -0.748 e. The van der Waals surface area contributed by atoms with Crippen LogP contribution in [0, 0.1) is 0 Å². The topological polar surface area (TPSA) is 112 Å². The van der Waals surface area contributed by atoms with Crippen LogP contribution in [0.4, 0.5) is 0 Å². The first kappa shape index (κ1) is 7.09. The molecule has 10 heavy (non-hydrogen) atoms. The van der Waals surface area contributed by atoms with Crippen molar-refractivity contribution < 1.29 is 13.0 Å². The monoisotopic (exact) mass is 163 g/mol. The van der Waals surface area contributed by atoms with Gasteiger partial charge in [0.05, 0.1) is 0 Å². The summed E-state index contributed by atoms with van der Waals surface area (Å²) in [6.07, 6.45) is 0. The molecule has 0 aliphatic heterocycles. The molecule has 0 amide bonds. The number of hydrogen-bond donors (Lipinski definition) is 1. The van der Waals surface area contributed by atoms with Crippen LogP contribution >= 0.6 is 0 Å². The lowest BCUT2D eigenvalue weighted by Gasteiger charge is -2.00. The van der Waals surface area contributed by atoms with Crippen LogP contribution in [-0.4, -0.2) is 33.6 Å². The summed E-state index contributed by atoms with van der Waals surface area (Å²) >= 11 is 0. The van der Waals surface area contributed by atoms with Crippen molar-refractivity contribution in [2.24, 2.45) is 0 Å². The Morgan fingerprint density at radius 1 is 1.60 bits per heavy atom. The highest BCUT2D eigenvalue weighted by Gasteiger charge is 2.01. The molecule has 0 aromatic carbocycles. The van der Waals surface area contributed by atoms with Gasteiger partial charge in [0.15, 0.2) is 5.82 Å². The number of aromatic nitrogens is 4. The Balaban J connectivity index is 2.75. The lowest BCUT2D eigenvalue weighted by Crippen LogP contribution is -2.03. The van der Waals surface area contributed by atoms with Gasteiger partial charge in [-0.2, -0.15) is 5.21 Å². The SMILES string of the molecule is O=S(=O)([O-])Cc1nn[nH]n1. The van der Waals surface area contributed by atoms with Crippen molar-refractivity contribution in [3.8, 4) is 0 Å². The Labute approximate surface area is 56.2 Å². The first-order valence-corrected chi connectivity index (χ1v) is 3.81. The van der Waals surface area contributed by atoms with E-state index in [9.17, 15) is 13.0 Å². The van der Waals surface area contributed by atoms with Crippen molar-refractivity contribution in [2.75, 3.05) is 0 Å². The quantitative estimate of drug-likeness (QED) is 0.517. The van der Waals surface area contributed by atoms with Gasteiger partial charge < -0.3 is 4.55 Å². The van der Waals surface area contributed by atoms with Crippen LogP contribution < -0.4 is 0 Å². The number of nitrogens with one attached hydrogen (secondary N) is 1. The minimum absolute atomic E-state index is 0.116. The van der Waals surface area contributed by atoms with Gasteiger partial charge in [0, 0.05) is 0 Å². The number of hydrogen-bond acceptors (Lipinski definition) is 6. The summed E-state index contributed by atoms with van der Waals surface area (Å²) < 4.78 is 30.1. The molecule has 0 saturated heterocycles. The zero-order valence-electron chi connectivity index (χ0n) is 4.68. The molecule has 1 rings (SSSR count). The average molecular weight is 163 g/mol. The molecule has 7 nitrogen and oxygen atoms in total. The molecule has 0 atom stereocenters. The van der Waals surface area contributed by atoms with Crippen molar-refractivity contribution in [1.29, 1.82) is 0 Å². The molecule has 1 N–H and O–H groups in total. The van der Waals surface area contributed by atoms with Crippen LogP contribution in [-0.2, 0) is 15.9 Å². The molecule has 8 heteroatoms. The summed E-state index contributed by atoms with van der Waals surface area (Å²) in [5.74, 6) is -0.834. The molecule has 0 bridgehead atoms. The molecule has 0 saturated carbocycles. The highest BCUT2D eigenvalue weighted by atomic mass is 32.2. The van der Waals surface area contributed by atoms with Crippen molar-refractivity contribution in [2.45, 2.75) is 5.75 Å². The Bertz CT molecular complexity index is 288. The molecule has 0 radical (unpaired) electrons. The molecule has 0 spiro atoms. The number of nitrogens with zero attached hydrogens (tertiary/aromatic N) is 3. The molecule has 1 aromatic rings. The minimum atomic E-state index is -4.28. The van der Waals surface area contributed by atoms with Crippen LogP contribution in [0.15, 0.2) is 0 Å². The average Bonchev–Trinajstić information content (AvgIpc) is 2.12. The van der Waals surface area contributed by atoms with E-state index >= 15 is 0 Å². The van der Waals surface area contributed by atoms with E-state index in [-0.39, 0.29) is 5.82 Å². The molecule has 1 heterocycles. The van der Waals surface area contributed by atoms with Gasteiger partial charge in [-0.15, -0.1) is 10.2 Å². The van der Waals surface area contributed by atoms with Crippen molar-refractivity contribution in [3.05, 3.63) is 5.82 Å². The predicted molar refractivity (Wildman–Crippen MR) is 27.6 cm³/mol. The van der Waals surface area contributed by atoms with E-state index < -0.39 is 15.9 Å². The second kappa shape index (κ2) is 2.31. The Hall–Kier alpha value is -1.02. The molecule has 0 unspecified atom stereocenters. The van der Waals surface area contributed by atoms with Crippen molar-refractivity contribution in [1.82, 2.24) is 20.6 Å². The van der Waals surface area contributed by atoms with Gasteiger partial charge in [-0.1, -0.05) is 5.21 Å². The number of rotatable bonds is 2. The highest BCUT2D eigenvalue weighted by molar-refractivity contribution is 7.84. The molecular weight excluding hydrogens is 160 g/mol. The normalized spacial score (nSPS) is 11.7. The van der Waals surface area contributed by atoms with Gasteiger partial charge in [-0.05, 0) is 0 Å². The lowest BCUT2D eigenvalue weighted by atomic mass is 10.8. The van der Waals surface area contributed by atoms with E-state index in [4.69, 9.17) is 0 Å². The van der Waals surface area contributed by atoms with E-state index in [1.807, 2.05) is 5.21 Å². The van der Waals surface area contributed by atoms with Crippen molar-refractivity contribution >= 4 is 10.1 Å². The Morgan fingerprint density at radius 2 is 2.30 bits per heavy atom. The molecule has 0 aliphatic carbocycles. The summed E-state index contributed by atoms with van der Waals surface area (Å²) in [5.41, 5.74) is 0. The third-order valence-corrected chi connectivity index (χ3v) is 1.31. The zero-order chi connectivity index (χ0) is 7.61. The van der Waals surface area contributed by atoms with Crippen LogP contribution in [0.2, 0.25) is 0 Å². The lowest BCUT2D eigenvalue weighted by molar-refractivity contribution is 0.460. The van der Waals surface area contributed by atoms with Gasteiger partial charge in [0.1, 0.15) is 15.9 Å². The Kier molecular flexibility index (Phi) is 1.64. The van der Waals surface area contributed by atoms with E-state index in [1.54, 1.807) is 0 Å². The maximum atomic E-state index is 10.0.